The maximum absolute atomic E-state index is 12.4. The van der Waals surface area contributed by atoms with E-state index in [1.165, 1.54) is 11.3 Å². The molecule has 0 aliphatic carbocycles. The van der Waals surface area contributed by atoms with Crippen LogP contribution in [0.2, 0.25) is 10.0 Å². The van der Waals surface area contributed by atoms with E-state index in [1.54, 1.807) is 19.2 Å². The number of ether oxygens (including phenoxy) is 1. The molecule has 3 aromatic rings. The third kappa shape index (κ3) is 3.19. The van der Waals surface area contributed by atoms with Gasteiger partial charge in [-0.3, -0.25) is 4.98 Å². The number of nitrogens with zero attached hydrogens (tertiary/aromatic N) is 2. The third-order valence-electron chi connectivity index (χ3n) is 3.69. The summed E-state index contributed by atoms with van der Waals surface area (Å²) in [5, 5.41) is 1.84. The zero-order valence-electron chi connectivity index (χ0n) is 14.0. The Bertz CT molecular complexity index is 954. The van der Waals surface area contributed by atoms with Crippen LogP contribution in [0.4, 0.5) is 5.69 Å². The van der Waals surface area contributed by atoms with Crippen LogP contribution in [0.5, 0.6) is 0 Å². The Morgan fingerprint density at radius 2 is 2.04 bits per heavy atom. The predicted molar refractivity (Wildman–Crippen MR) is 105 cm³/mol. The molecule has 4 nitrogen and oxygen atoms in total. The quantitative estimate of drug-likeness (QED) is 0.546. The average molecular weight is 395 g/mol. The van der Waals surface area contributed by atoms with Crippen LogP contribution in [0.15, 0.2) is 30.5 Å². The van der Waals surface area contributed by atoms with Crippen molar-refractivity contribution in [1.29, 1.82) is 0 Å². The molecule has 0 unspecified atom stereocenters. The van der Waals surface area contributed by atoms with E-state index in [-0.39, 0.29) is 5.97 Å². The molecule has 2 heterocycles. The van der Waals surface area contributed by atoms with Gasteiger partial charge in [-0.15, -0.1) is 11.3 Å². The maximum atomic E-state index is 12.4. The number of anilines is 1. The minimum atomic E-state index is -0.337. The van der Waals surface area contributed by atoms with Gasteiger partial charge in [0.05, 0.1) is 32.7 Å². The van der Waals surface area contributed by atoms with Crippen LogP contribution >= 0.6 is 34.5 Å². The van der Waals surface area contributed by atoms with Gasteiger partial charge < -0.3 is 9.64 Å². The second-order valence-corrected chi connectivity index (χ2v) is 7.34. The number of benzene rings is 1. The summed E-state index contributed by atoms with van der Waals surface area (Å²) in [6.07, 6.45) is 1.71. The van der Waals surface area contributed by atoms with Gasteiger partial charge in [-0.25, -0.2) is 4.79 Å². The zero-order chi connectivity index (χ0) is 18.1. The molecule has 0 amide bonds. The van der Waals surface area contributed by atoms with Crippen molar-refractivity contribution in [2.45, 2.75) is 6.92 Å². The lowest BCUT2D eigenvalue weighted by Gasteiger charge is -2.13. The molecular weight excluding hydrogens is 379 g/mol. The number of halogens is 2. The normalized spacial score (nSPS) is 10.9. The second kappa shape index (κ2) is 7.20. The maximum Gasteiger partial charge on any atom is 0.350 e. The van der Waals surface area contributed by atoms with Crippen molar-refractivity contribution >= 4 is 56.3 Å². The molecule has 0 radical (unpaired) electrons. The van der Waals surface area contributed by atoms with E-state index in [0.717, 1.165) is 21.3 Å². The van der Waals surface area contributed by atoms with E-state index in [9.17, 15) is 4.79 Å². The molecule has 0 atom stereocenters. The van der Waals surface area contributed by atoms with Crippen LogP contribution in [0.3, 0.4) is 0 Å². The number of aromatic nitrogens is 1. The number of esters is 1. The van der Waals surface area contributed by atoms with Gasteiger partial charge in [0.15, 0.2) is 0 Å². The first-order valence-electron chi connectivity index (χ1n) is 7.66. The van der Waals surface area contributed by atoms with E-state index in [1.807, 2.05) is 37.2 Å². The van der Waals surface area contributed by atoms with Crippen molar-refractivity contribution in [2.75, 3.05) is 25.6 Å². The van der Waals surface area contributed by atoms with Crippen LogP contribution in [0.1, 0.15) is 16.6 Å². The van der Waals surface area contributed by atoms with Crippen molar-refractivity contribution in [3.05, 3.63) is 45.4 Å². The predicted octanol–water partition coefficient (Wildman–Crippen LogP) is 5.51. The van der Waals surface area contributed by atoms with E-state index < -0.39 is 0 Å². The van der Waals surface area contributed by atoms with Crippen LogP contribution in [0, 0.1) is 0 Å². The van der Waals surface area contributed by atoms with Crippen molar-refractivity contribution in [1.82, 2.24) is 4.98 Å². The first kappa shape index (κ1) is 18.0. The van der Waals surface area contributed by atoms with Gasteiger partial charge >= 0.3 is 5.97 Å². The van der Waals surface area contributed by atoms with E-state index >= 15 is 0 Å². The Morgan fingerprint density at radius 1 is 1.28 bits per heavy atom. The molecule has 2 aromatic heterocycles. The molecule has 0 saturated carbocycles. The summed E-state index contributed by atoms with van der Waals surface area (Å²) in [4.78, 5) is 19.4. The Balaban J connectivity index is 2.31. The highest BCUT2D eigenvalue weighted by atomic mass is 35.5. The first-order chi connectivity index (χ1) is 12.0. The van der Waals surface area contributed by atoms with Gasteiger partial charge in [0, 0.05) is 31.2 Å². The second-order valence-electron chi connectivity index (χ2n) is 5.53. The number of rotatable bonds is 4. The minimum Gasteiger partial charge on any atom is -0.462 e. The van der Waals surface area contributed by atoms with Crippen LogP contribution in [-0.4, -0.2) is 31.7 Å². The van der Waals surface area contributed by atoms with Crippen LogP contribution < -0.4 is 4.90 Å². The molecule has 0 N–H and O–H groups in total. The lowest BCUT2D eigenvalue weighted by atomic mass is 10.1. The highest BCUT2D eigenvalue weighted by Crippen LogP contribution is 2.44. The average Bonchev–Trinajstić information content (AvgIpc) is 2.97. The SMILES string of the molecule is CCOC(=O)c1sc2c(-c3cccc(Cl)c3Cl)nccc2c1N(C)C. The Labute approximate surface area is 159 Å². The lowest BCUT2D eigenvalue weighted by molar-refractivity contribution is 0.0533. The summed E-state index contributed by atoms with van der Waals surface area (Å²) in [7, 11) is 3.80. The number of carbonyl (C=O) groups excluding carboxylic acids is 1. The van der Waals surface area contributed by atoms with Crippen LogP contribution in [0.25, 0.3) is 21.3 Å². The summed E-state index contributed by atoms with van der Waals surface area (Å²) in [6.45, 7) is 2.12. The minimum absolute atomic E-state index is 0.325. The van der Waals surface area contributed by atoms with E-state index in [0.29, 0.717) is 27.2 Å². The molecule has 0 aliphatic heterocycles. The molecule has 3 rings (SSSR count). The van der Waals surface area contributed by atoms with E-state index in [2.05, 4.69) is 4.98 Å². The van der Waals surface area contributed by atoms with Gasteiger partial charge in [0.25, 0.3) is 0 Å². The fourth-order valence-electron chi connectivity index (χ4n) is 2.67. The van der Waals surface area contributed by atoms with Gasteiger partial charge in [0.2, 0.25) is 0 Å². The number of carbonyl (C=O) groups is 1. The smallest absolute Gasteiger partial charge is 0.350 e. The number of fused-ring (bicyclic) bond motifs is 1. The van der Waals surface area contributed by atoms with Gasteiger partial charge in [-0.05, 0) is 19.1 Å². The standard InChI is InChI=1S/C18H16Cl2N2O2S/c1-4-24-18(23)17-15(22(2)3)11-8-9-21-14(16(11)25-17)10-6-5-7-12(19)13(10)20/h5-9H,4H2,1-3H3. The Hall–Kier alpha value is -1.82. The summed E-state index contributed by atoms with van der Waals surface area (Å²) in [6, 6.07) is 7.33. The summed E-state index contributed by atoms with van der Waals surface area (Å²) in [5.74, 6) is -0.337. The molecule has 1 aromatic carbocycles. The van der Waals surface area contributed by atoms with Gasteiger partial charge in [-0.2, -0.15) is 0 Å². The molecule has 7 heteroatoms. The number of hydrogen-bond acceptors (Lipinski definition) is 5. The lowest BCUT2D eigenvalue weighted by Crippen LogP contribution is -2.13. The zero-order valence-corrected chi connectivity index (χ0v) is 16.3. The molecule has 0 bridgehead atoms. The van der Waals surface area contributed by atoms with E-state index in [4.69, 9.17) is 27.9 Å². The fraction of sp³-hybridized carbons (Fsp3) is 0.222. The molecular formula is C18H16Cl2N2O2S. The van der Waals surface area contributed by atoms with Gasteiger partial charge in [0.1, 0.15) is 4.88 Å². The van der Waals surface area contributed by atoms with Crippen molar-refractivity contribution in [3.8, 4) is 11.3 Å². The Morgan fingerprint density at radius 3 is 2.72 bits per heavy atom. The molecule has 130 valence electrons. The summed E-state index contributed by atoms with van der Waals surface area (Å²) < 4.78 is 6.09. The number of thiophene rings is 1. The van der Waals surface area contributed by atoms with Crippen molar-refractivity contribution < 1.29 is 9.53 Å². The largest absolute Gasteiger partial charge is 0.462 e. The van der Waals surface area contributed by atoms with Crippen molar-refractivity contribution in [2.24, 2.45) is 0 Å². The fourth-order valence-corrected chi connectivity index (χ4v) is 4.33. The molecule has 0 saturated heterocycles. The summed E-state index contributed by atoms with van der Waals surface area (Å²) in [5.41, 5.74) is 2.26. The molecule has 0 fully saturated rings. The number of pyridine rings is 1. The van der Waals surface area contributed by atoms with Crippen molar-refractivity contribution in [3.63, 3.8) is 0 Å². The summed E-state index contributed by atoms with van der Waals surface area (Å²) >= 11 is 13.9. The Kier molecular flexibility index (Phi) is 5.18. The topological polar surface area (TPSA) is 42.4 Å². The molecule has 25 heavy (non-hydrogen) atoms. The van der Waals surface area contributed by atoms with Crippen LogP contribution in [-0.2, 0) is 4.74 Å². The monoisotopic (exact) mass is 394 g/mol. The molecule has 0 spiro atoms. The third-order valence-corrected chi connectivity index (χ3v) is 5.69. The molecule has 0 aliphatic rings. The highest BCUT2D eigenvalue weighted by Gasteiger charge is 2.24. The van der Waals surface area contributed by atoms with Gasteiger partial charge in [-0.1, -0.05) is 35.3 Å². The highest BCUT2D eigenvalue weighted by molar-refractivity contribution is 7.22. The first-order valence-corrected chi connectivity index (χ1v) is 9.23. The number of hydrogen-bond donors (Lipinski definition) is 0.